The predicted molar refractivity (Wildman–Crippen MR) is 55.9 cm³/mol. The van der Waals surface area contributed by atoms with Gasteiger partial charge < -0.3 is 4.52 Å². The van der Waals surface area contributed by atoms with E-state index in [-0.39, 0.29) is 5.69 Å². The second-order valence-corrected chi connectivity index (χ2v) is 3.47. The predicted octanol–water partition coefficient (Wildman–Crippen LogP) is 2.64. The lowest BCUT2D eigenvalue weighted by Gasteiger charge is -1.97. The van der Waals surface area contributed by atoms with E-state index in [9.17, 15) is 4.79 Å². The van der Waals surface area contributed by atoms with Crippen molar-refractivity contribution in [3.63, 3.8) is 0 Å². The summed E-state index contributed by atoms with van der Waals surface area (Å²) in [7, 11) is 0. The zero-order valence-corrected chi connectivity index (χ0v) is 8.57. The van der Waals surface area contributed by atoms with E-state index in [1.165, 1.54) is 6.26 Å². The monoisotopic (exact) mass is 221 g/mol. The molecule has 0 atom stereocenters. The molecule has 1 aromatic heterocycles. The Balaban J connectivity index is 2.25. The molecule has 0 aliphatic heterocycles. The highest BCUT2D eigenvalue weighted by Crippen LogP contribution is 2.14. The fourth-order valence-electron chi connectivity index (χ4n) is 1.36. The average molecular weight is 222 g/mol. The van der Waals surface area contributed by atoms with Crippen LogP contribution in [-0.2, 0) is 6.42 Å². The number of hydrogen-bond donors (Lipinski definition) is 0. The molecule has 0 aliphatic rings. The van der Waals surface area contributed by atoms with E-state index in [1.54, 1.807) is 0 Å². The van der Waals surface area contributed by atoms with Gasteiger partial charge in [-0.25, -0.2) is 0 Å². The topological polar surface area (TPSA) is 43.1 Å². The van der Waals surface area contributed by atoms with Crippen molar-refractivity contribution < 1.29 is 9.32 Å². The zero-order chi connectivity index (χ0) is 10.7. The molecule has 0 saturated heterocycles. The van der Waals surface area contributed by atoms with Gasteiger partial charge in [0.25, 0.3) is 5.24 Å². The van der Waals surface area contributed by atoms with Crippen LogP contribution < -0.4 is 0 Å². The number of benzene rings is 1. The lowest BCUT2D eigenvalue weighted by Crippen LogP contribution is -1.96. The molecular weight excluding hydrogens is 214 g/mol. The third-order valence-electron chi connectivity index (χ3n) is 2.07. The quantitative estimate of drug-likeness (QED) is 0.749. The van der Waals surface area contributed by atoms with Gasteiger partial charge >= 0.3 is 0 Å². The van der Waals surface area contributed by atoms with Crippen LogP contribution in [0.3, 0.4) is 0 Å². The second-order valence-electron chi connectivity index (χ2n) is 3.12. The van der Waals surface area contributed by atoms with Crippen molar-refractivity contribution in [1.82, 2.24) is 5.16 Å². The molecule has 0 unspecified atom stereocenters. The average Bonchev–Trinajstić information content (AvgIpc) is 2.67. The van der Waals surface area contributed by atoms with Gasteiger partial charge in [-0.3, -0.25) is 4.79 Å². The summed E-state index contributed by atoms with van der Waals surface area (Å²) in [5.41, 5.74) is 1.99. The number of rotatable bonds is 3. The molecule has 0 saturated carbocycles. The molecule has 0 spiro atoms. The molecule has 15 heavy (non-hydrogen) atoms. The normalized spacial score (nSPS) is 10.2. The Labute approximate surface area is 91.6 Å². The fourth-order valence-corrected chi connectivity index (χ4v) is 1.52. The van der Waals surface area contributed by atoms with Gasteiger partial charge in [0.05, 0.1) is 0 Å². The summed E-state index contributed by atoms with van der Waals surface area (Å²) in [6, 6.07) is 9.74. The highest BCUT2D eigenvalue weighted by atomic mass is 35.5. The Bertz CT molecular complexity index is 464. The van der Waals surface area contributed by atoms with Gasteiger partial charge in [0.1, 0.15) is 6.26 Å². The summed E-state index contributed by atoms with van der Waals surface area (Å²) in [6.45, 7) is 0. The first-order valence-electron chi connectivity index (χ1n) is 4.44. The maximum Gasteiger partial charge on any atom is 0.274 e. The van der Waals surface area contributed by atoms with Crippen molar-refractivity contribution in [2.24, 2.45) is 0 Å². The van der Waals surface area contributed by atoms with Crippen LogP contribution in [0.1, 0.15) is 21.6 Å². The molecule has 3 nitrogen and oxygen atoms in total. The highest BCUT2D eigenvalue weighted by Gasteiger charge is 2.13. The van der Waals surface area contributed by atoms with Crippen molar-refractivity contribution in [3.8, 4) is 0 Å². The molecule has 2 aromatic rings. The Hall–Kier alpha value is -1.61. The van der Waals surface area contributed by atoms with E-state index in [0.29, 0.717) is 12.0 Å². The Morgan fingerprint density at radius 3 is 2.73 bits per heavy atom. The van der Waals surface area contributed by atoms with Crippen molar-refractivity contribution in [3.05, 3.63) is 53.4 Å². The maximum atomic E-state index is 11.0. The molecule has 4 heteroatoms. The summed E-state index contributed by atoms with van der Waals surface area (Å²) in [5.74, 6) is 0. The van der Waals surface area contributed by atoms with E-state index in [0.717, 1.165) is 5.56 Å². The van der Waals surface area contributed by atoms with Gasteiger partial charge in [-0.2, -0.15) is 0 Å². The summed E-state index contributed by atoms with van der Waals surface area (Å²) in [4.78, 5) is 11.0. The van der Waals surface area contributed by atoms with E-state index in [4.69, 9.17) is 16.1 Å². The first kappa shape index (κ1) is 9.93. The van der Waals surface area contributed by atoms with Gasteiger partial charge in [0, 0.05) is 12.0 Å². The number of carbonyl (C=O) groups is 1. The van der Waals surface area contributed by atoms with Crippen molar-refractivity contribution in [2.45, 2.75) is 6.42 Å². The second kappa shape index (κ2) is 4.28. The number of nitrogens with zero attached hydrogens (tertiary/aromatic N) is 1. The van der Waals surface area contributed by atoms with E-state index in [1.807, 2.05) is 30.3 Å². The van der Waals surface area contributed by atoms with Crippen LogP contribution in [0.5, 0.6) is 0 Å². The molecule has 0 N–H and O–H groups in total. The van der Waals surface area contributed by atoms with Gasteiger partial charge in [0.2, 0.25) is 0 Å². The number of halogens is 1. The Morgan fingerprint density at radius 2 is 2.07 bits per heavy atom. The van der Waals surface area contributed by atoms with E-state index >= 15 is 0 Å². The van der Waals surface area contributed by atoms with Crippen molar-refractivity contribution in [2.75, 3.05) is 0 Å². The Kier molecular flexibility index (Phi) is 2.83. The zero-order valence-electron chi connectivity index (χ0n) is 7.81. The van der Waals surface area contributed by atoms with E-state index < -0.39 is 5.24 Å². The smallest absolute Gasteiger partial charge is 0.274 e. The van der Waals surface area contributed by atoms with Gasteiger partial charge in [-0.05, 0) is 17.2 Å². The Morgan fingerprint density at radius 1 is 1.33 bits per heavy atom. The van der Waals surface area contributed by atoms with Gasteiger partial charge in [-0.15, -0.1) is 0 Å². The first-order valence-corrected chi connectivity index (χ1v) is 4.82. The third kappa shape index (κ3) is 2.25. The molecule has 1 aromatic carbocycles. The maximum absolute atomic E-state index is 11.0. The van der Waals surface area contributed by atoms with Crippen LogP contribution in [0.2, 0.25) is 0 Å². The van der Waals surface area contributed by atoms with Crippen LogP contribution in [-0.4, -0.2) is 10.4 Å². The minimum Gasteiger partial charge on any atom is -0.364 e. The van der Waals surface area contributed by atoms with Crippen molar-refractivity contribution in [1.29, 1.82) is 0 Å². The number of aromatic nitrogens is 1. The molecular formula is C11H8ClNO2. The summed E-state index contributed by atoms with van der Waals surface area (Å²) < 4.78 is 4.72. The summed E-state index contributed by atoms with van der Waals surface area (Å²) >= 11 is 5.35. The van der Waals surface area contributed by atoms with E-state index in [2.05, 4.69) is 5.16 Å². The summed E-state index contributed by atoms with van der Waals surface area (Å²) in [6.07, 6.45) is 2.04. The minimum atomic E-state index is -0.588. The largest absolute Gasteiger partial charge is 0.364 e. The lowest BCUT2D eigenvalue weighted by atomic mass is 10.1. The fraction of sp³-hybridized carbons (Fsp3) is 0.0909. The number of carbonyl (C=O) groups excluding carboxylic acids is 1. The lowest BCUT2D eigenvalue weighted by molar-refractivity contribution is 0.107. The molecule has 0 bridgehead atoms. The SMILES string of the molecule is O=C(Cl)c1nocc1Cc1ccccc1. The molecule has 0 fully saturated rings. The minimum absolute atomic E-state index is 0.195. The highest BCUT2D eigenvalue weighted by molar-refractivity contribution is 6.67. The van der Waals surface area contributed by atoms with Crippen LogP contribution in [0, 0.1) is 0 Å². The molecule has 0 aliphatic carbocycles. The van der Waals surface area contributed by atoms with Crippen LogP contribution in [0.25, 0.3) is 0 Å². The molecule has 0 amide bonds. The van der Waals surface area contributed by atoms with Gasteiger partial charge in [-0.1, -0.05) is 35.5 Å². The third-order valence-corrected chi connectivity index (χ3v) is 2.25. The first-order chi connectivity index (χ1) is 7.27. The van der Waals surface area contributed by atoms with Gasteiger partial charge in [0.15, 0.2) is 5.69 Å². The van der Waals surface area contributed by atoms with Crippen molar-refractivity contribution >= 4 is 16.8 Å². The standard InChI is InChI=1S/C11H8ClNO2/c12-11(14)10-9(7-15-13-10)6-8-4-2-1-3-5-8/h1-5,7H,6H2. The molecule has 1 heterocycles. The summed E-state index contributed by atoms with van der Waals surface area (Å²) in [5, 5.41) is 2.97. The number of hydrogen-bond acceptors (Lipinski definition) is 3. The van der Waals surface area contributed by atoms with Crippen LogP contribution >= 0.6 is 11.6 Å². The molecule has 76 valence electrons. The molecule has 0 radical (unpaired) electrons. The molecule has 2 rings (SSSR count). The van der Waals surface area contributed by atoms with Crippen LogP contribution in [0.4, 0.5) is 0 Å². The van der Waals surface area contributed by atoms with Crippen LogP contribution in [0.15, 0.2) is 41.1 Å².